The first kappa shape index (κ1) is 35.0. The van der Waals surface area contributed by atoms with Gasteiger partial charge in [0.05, 0.1) is 18.1 Å². The molecule has 2 atom stereocenters. The van der Waals surface area contributed by atoms with Crippen LogP contribution in [-0.2, 0) is 26.2 Å². The number of H-pyrrole nitrogens is 1. The number of fused-ring (bicyclic) bond motifs is 1. The fourth-order valence-electron chi connectivity index (χ4n) is 5.34. The summed E-state index contributed by atoms with van der Waals surface area (Å²) in [5.41, 5.74) is 1.13. The van der Waals surface area contributed by atoms with Crippen molar-refractivity contribution in [1.29, 1.82) is 0 Å². The van der Waals surface area contributed by atoms with Gasteiger partial charge in [-0.2, -0.15) is 4.31 Å². The molecular weight excluding hydrogens is 636 g/mol. The zero-order valence-electron chi connectivity index (χ0n) is 26.2. The summed E-state index contributed by atoms with van der Waals surface area (Å²) in [5.74, 6) is -1.12. The Morgan fingerprint density at radius 2 is 1.70 bits per heavy atom. The van der Waals surface area contributed by atoms with Gasteiger partial charge in [-0.05, 0) is 61.6 Å². The number of carbonyl (C=O) groups excluding carboxylic acids is 3. The molecule has 1 aliphatic rings. The van der Waals surface area contributed by atoms with E-state index >= 15 is 0 Å². The van der Waals surface area contributed by atoms with E-state index in [-0.39, 0.29) is 90.4 Å². The van der Waals surface area contributed by atoms with Gasteiger partial charge in [-0.3, -0.25) is 19.0 Å². The Morgan fingerprint density at radius 3 is 2.43 bits per heavy atom. The number of aromatic nitrogens is 2. The van der Waals surface area contributed by atoms with Crippen LogP contribution in [0.25, 0.3) is 11.0 Å². The van der Waals surface area contributed by atoms with Gasteiger partial charge < -0.3 is 25.7 Å². The SMILES string of the molecule is CC[C@H](C)[C@@H]1NC(=O)CCCN(S(=O)(=O)c2cc(Cl)ccc2OC)CCCNC(=O)c2ccc3[nH]c(=O)n(c3c2)CCCNC1=O. The van der Waals surface area contributed by atoms with Gasteiger partial charge in [0.1, 0.15) is 16.7 Å². The van der Waals surface area contributed by atoms with Gasteiger partial charge in [-0.15, -0.1) is 0 Å². The predicted molar refractivity (Wildman–Crippen MR) is 175 cm³/mol. The van der Waals surface area contributed by atoms with Crippen LogP contribution in [0.2, 0.25) is 5.02 Å². The summed E-state index contributed by atoms with van der Waals surface area (Å²) < 4.78 is 35.7. The standard InChI is InChI=1S/C31H41ClN6O7S/c1-4-20(2)28-30(41)34-14-7-17-38-24-18-21(9-11-23(24)35-31(38)42)29(40)33-13-6-16-37(15-5-8-27(39)36-28)46(43,44)26-19-22(32)10-12-25(26)45-3/h9-12,18-20,28H,4-8,13-17H2,1-3H3,(H,33,40)(H,34,41)(H,35,42)(H,36,39)/t20-,28-/m0/s1. The molecule has 0 saturated carbocycles. The largest absolute Gasteiger partial charge is 0.495 e. The van der Waals surface area contributed by atoms with Gasteiger partial charge in [0.2, 0.25) is 21.8 Å². The van der Waals surface area contributed by atoms with Gasteiger partial charge in [0, 0.05) is 49.7 Å². The van der Waals surface area contributed by atoms with E-state index in [0.717, 1.165) is 0 Å². The summed E-state index contributed by atoms with van der Waals surface area (Å²) in [6.07, 6.45) is 1.52. The number of imidazole rings is 1. The van der Waals surface area contributed by atoms with Crippen molar-refractivity contribution in [2.45, 2.75) is 63.4 Å². The molecule has 250 valence electrons. The number of benzene rings is 2. The fraction of sp³-hybridized carbons (Fsp3) is 0.484. The summed E-state index contributed by atoms with van der Waals surface area (Å²) in [5, 5.41) is 8.73. The first-order valence-electron chi connectivity index (χ1n) is 15.4. The molecule has 3 aromatic rings. The van der Waals surface area contributed by atoms with Crippen LogP contribution >= 0.6 is 11.6 Å². The second-order valence-corrected chi connectivity index (χ2v) is 13.6. The van der Waals surface area contributed by atoms with Crippen LogP contribution in [0.1, 0.15) is 56.3 Å². The number of ether oxygens (including phenoxy) is 1. The normalized spacial score (nSPS) is 19.1. The molecule has 15 heteroatoms. The van der Waals surface area contributed by atoms with Crippen molar-refractivity contribution in [2.75, 3.05) is 33.3 Å². The molecule has 4 N–H and O–H groups in total. The van der Waals surface area contributed by atoms with Crippen molar-refractivity contribution < 1.29 is 27.5 Å². The van der Waals surface area contributed by atoms with E-state index in [0.29, 0.717) is 36.0 Å². The number of hydrogen-bond acceptors (Lipinski definition) is 7. The summed E-state index contributed by atoms with van der Waals surface area (Å²) >= 11 is 6.14. The molecule has 1 aliphatic heterocycles. The second kappa shape index (κ2) is 15.6. The quantitative estimate of drug-likeness (QED) is 0.322. The molecule has 1 aromatic heterocycles. The Bertz CT molecular complexity index is 1740. The summed E-state index contributed by atoms with van der Waals surface area (Å²) in [6, 6.07) is 8.42. The molecule has 0 spiro atoms. The minimum atomic E-state index is -4.12. The maximum absolute atomic E-state index is 13.8. The smallest absolute Gasteiger partial charge is 0.326 e. The van der Waals surface area contributed by atoms with E-state index in [9.17, 15) is 27.6 Å². The van der Waals surface area contributed by atoms with Crippen molar-refractivity contribution in [2.24, 2.45) is 5.92 Å². The highest BCUT2D eigenvalue weighted by Crippen LogP contribution is 2.30. The average molecular weight is 677 g/mol. The third kappa shape index (κ3) is 8.28. The predicted octanol–water partition coefficient (Wildman–Crippen LogP) is 2.63. The van der Waals surface area contributed by atoms with Crippen LogP contribution in [0, 0.1) is 5.92 Å². The summed E-state index contributed by atoms with van der Waals surface area (Å²) in [6.45, 7) is 4.56. The highest BCUT2D eigenvalue weighted by atomic mass is 35.5. The molecule has 13 nitrogen and oxygen atoms in total. The van der Waals surface area contributed by atoms with Crippen molar-refractivity contribution >= 4 is 50.4 Å². The molecular formula is C31H41ClN6O7S. The lowest BCUT2D eigenvalue weighted by Gasteiger charge is -2.25. The number of amides is 3. The van der Waals surface area contributed by atoms with E-state index in [1.54, 1.807) is 18.2 Å². The number of hydrogen-bond donors (Lipinski definition) is 4. The zero-order chi connectivity index (χ0) is 33.4. The highest BCUT2D eigenvalue weighted by molar-refractivity contribution is 7.89. The van der Waals surface area contributed by atoms with Gasteiger partial charge in [-0.1, -0.05) is 31.9 Å². The number of rotatable bonds is 5. The Labute approximate surface area is 273 Å². The molecule has 0 fully saturated rings. The number of aryl methyl sites for hydroxylation is 1. The number of carbonyl (C=O) groups is 3. The summed E-state index contributed by atoms with van der Waals surface area (Å²) in [7, 11) is -2.76. The number of nitrogens with zero attached hydrogens (tertiary/aromatic N) is 2. The topological polar surface area (TPSA) is 172 Å². The van der Waals surface area contributed by atoms with Crippen molar-refractivity contribution in [1.82, 2.24) is 29.8 Å². The van der Waals surface area contributed by atoms with E-state index in [2.05, 4.69) is 20.9 Å². The van der Waals surface area contributed by atoms with Crippen molar-refractivity contribution in [3.05, 3.63) is 57.5 Å². The van der Waals surface area contributed by atoms with Crippen molar-refractivity contribution in [3.8, 4) is 5.75 Å². The van der Waals surface area contributed by atoms with E-state index in [1.165, 1.54) is 34.2 Å². The van der Waals surface area contributed by atoms with E-state index in [1.807, 2.05) is 13.8 Å². The fourth-order valence-corrected chi connectivity index (χ4v) is 7.28. The molecule has 0 unspecified atom stereocenters. The summed E-state index contributed by atoms with van der Waals surface area (Å²) in [4.78, 5) is 54.5. The molecule has 0 saturated heterocycles. The number of methoxy groups -OCH3 is 1. The molecule has 3 amide bonds. The monoisotopic (exact) mass is 676 g/mol. The van der Waals surface area contributed by atoms with Gasteiger partial charge in [0.25, 0.3) is 5.91 Å². The molecule has 2 bridgehead atoms. The van der Waals surface area contributed by atoms with Crippen LogP contribution < -0.4 is 26.4 Å². The van der Waals surface area contributed by atoms with E-state index in [4.69, 9.17) is 16.3 Å². The zero-order valence-corrected chi connectivity index (χ0v) is 27.8. The Hall–Kier alpha value is -3.88. The van der Waals surface area contributed by atoms with Crippen LogP contribution in [0.5, 0.6) is 5.75 Å². The Morgan fingerprint density at radius 1 is 0.978 bits per heavy atom. The van der Waals surface area contributed by atoms with Gasteiger partial charge in [-0.25, -0.2) is 13.2 Å². The first-order chi connectivity index (χ1) is 22.0. The number of halogens is 1. The van der Waals surface area contributed by atoms with Crippen LogP contribution in [0.15, 0.2) is 46.1 Å². The number of aromatic amines is 1. The number of nitrogens with one attached hydrogen (secondary N) is 4. The van der Waals surface area contributed by atoms with Crippen LogP contribution in [-0.4, -0.2) is 79.3 Å². The Balaban J connectivity index is 1.62. The van der Waals surface area contributed by atoms with E-state index < -0.39 is 16.1 Å². The van der Waals surface area contributed by atoms with Gasteiger partial charge in [0.15, 0.2) is 0 Å². The van der Waals surface area contributed by atoms with Crippen molar-refractivity contribution in [3.63, 3.8) is 0 Å². The third-order valence-electron chi connectivity index (χ3n) is 8.13. The van der Waals surface area contributed by atoms with Gasteiger partial charge >= 0.3 is 5.69 Å². The molecule has 2 aromatic carbocycles. The molecule has 46 heavy (non-hydrogen) atoms. The minimum absolute atomic E-state index is 0.00124. The maximum atomic E-state index is 13.8. The lowest BCUT2D eigenvalue weighted by molar-refractivity contribution is -0.130. The third-order valence-corrected chi connectivity index (χ3v) is 10.3. The second-order valence-electron chi connectivity index (χ2n) is 11.3. The molecule has 0 radical (unpaired) electrons. The van der Waals surface area contributed by atoms with Crippen LogP contribution in [0.3, 0.4) is 0 Å². The molecule has 0 aliphatic carbocycles. The maximum Gasteiger partial charge on any atom is 0.326 e. The highest BCUT2D eigenvalue weighted by Gasteiger charge is 2.29. The number of sulfonamides is 1. The Kier molecular flexibility index (Phi) is 11.9. The lowest BCUT2D eigenvalue weighted by atomic mass is 9.98. The molecule has 4 rings (SSSR count). The lowest BCUT2D eigenvalue weighted by Crippen LogP contribution is -2.50. The van der Waals surface area contributed by atoms with Crippen LogP contribution in [0.4, 0.5) is 0 Å². The molecule has 2 heterocycles. The minimum Gasteiger partial charge on any atom is -0.495 e. The average Bonchev–Trinajstić information content (AvgIpc) is 3.35. The first-order valence-corrected chi connectivity index (χ1v) is 17.2.